The Bertz CT molecular complexity index is 876. The second-order valence-electron chi connectivity index (χ2n) is 8.60. The van der Waals surface area contributed by atoms with Crippen molar-refractivity contribution in [2.45, 2.75) is 46.7 Å². The number of esters is 1. The first-order valence-corrected chi connectivity index (χ1v) is 10.9. The summed E-state index contributed by atoms with van der Waals surface area (Å²) >= 11 is 0. The number of hydrogen-bond donors (Lipinski definition) is 2. The molecular weight excluding hydrogens is 396 g/mol. The van der Waals surface area contributed by atoms with E-state index in [1.807, 2.05) is 51.1 Å². The number of carbonyl (C=O) groups is 3. The topological polar surface area (TPSA) is 95.9 Å². The van der Waals surface area contributed by atoms with Gasteiger partial charge in [0.1, 0.15) is 6.04 Å². The third kappa shape index (κ3) is 4.11. The molecule has 1 aliphatic carbocycles. The third-order valence-corrected chi connectivity index (χ3v) is 6.50. The molecule has 7 nitrogen and oxygen atoms in total. The van der Waals surface area contributed by atoms with E-state index < -0.39 is 35.8 Å². The largest absolute Gasteiger partial charge is 0.466 e. The Morgan fingerprint density at radius 3 is 2.45 bits per heavy atom. The zero-order valence-electron chi connectivity index (χ0n) is 18.8. The van der Waals surface area contributed by atoms with Gasteiger partial charge in [-0.1, -0.05) is 37.3 Å². The number of allylic oxidation sites excluding steroid dienone is 1. The Balaban J connectivity index is 2.01. The molecule has 1 aromatic carbocycles. The predicted molar refractivity (Wildman–Crippen MR) is 117 cm³/mol. The van der Waals surface area contributed by atoms with E-state index in [-0.39, 0.29) is 30.9 Å². The number of anilines is 1. The van der Waals surface area contributed by atoms with Gasteiger partial charge in [-0.15, -0.1) is 0 Å². The quantitative estimate of drug-likeness (QED) is 0.536. The maximum absolute atomic E-state index is 13.5. The molecule has 168 valence electrons. The summed E-state index contributed by atoms with van der Waals surface area (Å²) in [6.45, 7) is 9.10. The van der Waals surface area contributed by atoms with Crippen LogP contribution in [-0.2, 0) is 19.1 Å². The van der Waals surface area contributed by atoms with Gasteiger partial charge < -0.3 is 20.1 Å². The lowest BCUT2D eigenvalue weighted by atomic mass is 9.70. The normalized spacial score (nSPS) is 28.3. The van der Waals surface area contributed by atoms with Gasteiger partial charge in [-0.3, -0.25) is 14.4 Å². The Morgan fingerprint density at radius 2 is 1.87 bits per heavy atom. The van der Waals surface area contributed by atoms with Crippen molar-refractivity contribution in [1.29, 1.82) is 0 Å². The number of hydrogen-bond acceptors (Lipinski definition) is 5. The number of nitrogens with one attached hydrogen (secondary N) is 1. The van der Waals surface area contributed by atoms with Crippen LogP contribution in [0.2, 0.25) is 0 Å². The molecule has 6 atom stereocenters. The minimum Gasteiger partial charge on any atom is -0.466 e. The molecule has 1 heterocycles. The van der Waals surface area contributed by atoms with Crippen LogP contribution < -0.4 is 5.32 Å². The lowest BCUT2D eigenvalue weighted by Crippen LogP contribution is -2.49. The fourth-order valence-corrected chi connectivity index (χ4v) is 4.91. The summed E-state index contributed by atoms with van der Waals surface area (Å²) in [5, 5.41) is 12.8. The zero-order chi connectivity index (χ0) is 22.9. The number of ether oxygens (including phenoxy) is 1. The molecule has 2 N–H and O–H groups in total. The van der Waals surface area contributed by atoms with Crippen molar-refractivity contribution < 1.29 is 24.2 Å². The standard InChI is InChI=1S/C24H32N2O5/c1-6-31-24(30)18-13(2)10-11-17-19(18)23(29)26(16(5)12-27)21(17)22(28)25-20-14(3)8-7-9-15(20)4/h7-11,13,16-19,21,27H,6,12H2,1-5H3,(H,25,28)/t13-,16-,17+,18-,19+,21+/m1/s1. The lowest BCUT2D eigenvalue weighted by molar-refractivity contribution is -0.155. The van der Waals surface area contributed by atoms with Gasteiger partial charge in [0.25, 0.3) is 0 Å². The SMILES string of the molecule is CCOC(=O)[C@H]1[C@H]2C(=O)N([C@H](C)CO)[C@H](C(=O)Nc3c(C)cccc3C)[C@H]2C=C[C@H]1C. The summed E-state index contributed by atoms with van der Waals surface area (Å²) < 4.78 is 5.26. The van der Waals surface area contributed by atoms with Crippen molar-refractivity contribution in [2.75, 3.05) is 18.5 Å². The highest BCUT2D eigenvalue weighted by atomic mass is 16.5. The van der Waals surface area contributed by atoms with E-state index in [1.54, 1.807) is 13.8 Å². The molecule has 1 aromatic rings. The second kappa shape index (κ2) is 9.22. The van der Waals surface area contributed by atoms with E-state index >= 15 is 0 Å². The van der Waals surface area contributed by atoms with Crippen molar-refractivity contribution >= 4 is 23.5 Å². The molecule has 0 bridgehead atoms. The van der Waals surface area contributed by atoms with Gasteiger partial charge in [-0.25, -0.2) is 0 Å². The third-order valence-electron chi connectivity index (χ3n) is 6.50. The van der Waals surface area contributed by atoms with Crippen molar-refractivity contribution in [1.82, 2.24) is 4.90 Å². The smallest absolute Gasteiger partial charge is 0.310 e. The van der Waals surface area contributed by atoms with Crippen LogP contribution in [0.1, 0.15) is 31.9 Å². The molecule has 3 rings (SSSR count). The van der Waals surface area contributed by atoms with Crippen LogP contribution in [0.4, 0.5) is 5.69 Å². The van der Waals surface area contributed by atoms with Crippen molar-refractivity contribution in [3.63, 3.8) is 0 Å². The summed E-state index contributed by atoms with van der Waals surface area (Å²) in [4.78, 5) is 41.2. The number of likely N-dealkylation sites (tertiary alicyclic amines) is 1. The van der Waals surface area contributed by atoms with E-state index in [0.29, 0.717) is 0 Å². The van der Waals surface area contributed by atoms with E-state index in [9.17, 15) is 19.5 Å². The summed E-state index contributed by atoms with van der Waals surface area (Å²) in [7, 11) is 0. The average molecular weight is 429 g/mol. The number of aliphatic hydroxyl groups excluding tert-OH is 1. The minimum atomic E-state index is -0.820. The lowest BCUT2D eigenvalue weighted by Gasteiger charge is -2.32. The van der Waals surface area contributed by atoms with Gasteiger partial charge in [0, 0.05) is 11.6 Å². The van der Waals surface area contributed by atoms with Crippen LogP contribution in [0.15, 0.2) is 30.4 Å². The van der Waals surface area contributed by atoms with E-state index in [1.165, 1.54) is 4.90 Å². The molecule has 0 radical (unpaired) electrons. The number of aliphatic hydroxyl groups is 1. The molecule has 7 heteroatoms. The molecule has 1 saturated heterocycles. The molecule has 1 aliphatic heterocycles. The fourth-order valence-electron chi connectivity index (χ4n) is 4.91. The van der Waals surface area contributed by atoms with Gasteiger partial charge in [0.2, 0.25) is 11.8 Å². The summed E-state index contributed by atoms with van der Waals surface area (Å²) in [6, 6.07) is 4.37. The molecule has 1 fully saturated rings. The fraction of sp³-hybridized carbons (Fsp3) is 0.542. The van der Waals surface area contributed by atoms with Gasteiger partial charge in [0.15, 0.2) is 0 Å². The highest BCUT2D eigenvalue weighted by molar-refractivity contribution is 6.02. The number of amides is 2. The van der Waals surface area contributed by atoms with Gasteiger partial charge >= 0.3 is 5.97 Å². The Morgan fingerprint density at radius 1 is 1.23 bits per heavy atom. The maximum atomic E-state index is 13.5. The van der Waals surface area contributed by atoms with Crippen LogP contribution in [0.25, 0.3) is 0 Å². The Kier molecular flexibility index (Phi) is 6.84. The van der Waals surface area contributed by atoms with Crippen LogP contribution in [0, 0.1) is 37.5 Å². The number of carbonyl (C=O) groups excluding carboxylic acids is 3. The monoisotopic (exact) mass is 428 g/mol. The molecule has 2 aliphatic rings. The number of nitrogens with zero attached hydrogens (tertiary/aromatic N) is 1. The molecule has 0 saturated carbocycles. The van der Waals surface area contributed by atoms with Gasteiger partial charge in [0.05, 0.1) is 31.1 Å². The molecule has 0 aromatic heterocycles. The summed E-state index contributed by atoms with van der Waals surface area (Å²) in [6.07, 6.45) is 3.77. The summed E-state index contributed by atoms with van der Waals surface area (Å²) in [5.74, 6) is -3.04. The number of rotatable bonds is 6. The first-order chi connectivity index (χ1) is 14.7. The van der Waals surface area contributed by atoms with E-state index in [2.05, 4.69) is 5.32 Å². The highest BCUT2D eigenvalue weighted by Crippen LogP contribution is 2.45. The highest BCUT2D eigenvalue weighted by Gasteiger charge is 2.58. The predicted octanol–water partition coefficient (Wildman–Crippen LogP) is 2.45. The second-order valence-corrected chi connectivity index (χ2v) is 8.60. The van der Waals surface area contributed by atoms with Gasteiger partial charge in [-0.05, 0) is 44.7 Å². The van der Waals surface area contributed by atoms with E-state index in [0.717, 1.165) is 16.8 Å². The van der Waals surface area contributed by atoms with Crippen LogP contribution >= 0.6 is 0 Å². The average Bonchev–Trinajstić information content (AvgIpc) is 3.02. The molecule has 0 unspecified atom stereocenters. The molecule has 31 heavy (non-hydrogen) atoms. The van der Waals surface area contributed by atoms with Crippen molar-refractivity contribution in [2.24, 2.45) is 23.7 Å². The Labute approximate surface area is 183 Å². The van der Waals surface area contributed by atoms with Crippen LogP contribution in [-0.4, -0.2) is 53.1 Å². The van der Waals surface area contributed by atoms with Crippen LogP contribution in [0.5, 0.6) is 0 Å². The number of para-hydroxylation sites is 1. The van der Waals surface area contributed by atoms with Crippen molar-refractivity contribution in [3.05, 3.63) is 41.5 Å². The maximum Gasteiger partial charge on any atom is 0.310 e. The number of aryl methyl sites for hydroxylation is 2. The van der Waals surface area contributed by atoms with Crippen molar-refractivity contribution in [3.8, 4) is 0 Å². The first-order valence-electron chi connectivity index (χ1n) is 10.9. The zero-order valence-corrected chi connectivity index (χ0v) is 18.8. The number of benzene rings is 1. The molecule has 0 spiro atoms. The Hall–Kier alpha value is -2.67. The molecular formula is C24H32N2O5. The first kappa shape index (κ1) is 23.0. The van der Waals surface area contributed by atoms with E-state index in [4.69, 9.17) is 4.74 Å². The van der Waals surface area contributed by atoms with Gasteiger partial charge in [-0.2, -0.15) is 0 Å². The summed E-state index contributed by atoms with van der Waals surface area (Å²) in [5.41, 5.74) is 2.57. The number of fused-ring (bicyclic) bond motifs is 1. The molecule has 2 amide bonds. The van der Waals surface area contributed by atoms with Crippen LogP contribution in [0.3, 0.4) is 0 Å². The minimum absolute atomic E-state index is 0.184.